The van der Waals surface area contributed by atoms with Gasteiger partial charge >= 0.3 is 0 Å². The minimum absolute atomic E-state index is 0.0313. The van der Waals surface area contributed by atoms with Crippen LogP contribution < -0.4 is 0 Å². The van der Waals surface area contributed by atoms with Crippen molar-refractivity contribution in [1.29, 1.82) is 0 Å². The van der Waals surface area contributed by atoms with E-state index < -0.39 is 10.0 Å². The second-order valence-corrected chi connectivity index (χ2v) is 7.68. The quantitative estimate of drug-likeness (QED) is 0.873. The number of sulfonamides is 1. The molecule has 17 heavy (non-hydrogen) atoms. The molecule has 6 heteroatoms. The van der Waals surface area contributed by atoms with Crippen molar-refractivity contribution in [2.45, 2.75) is 33.7 Å². The lowest BCUT2D eigenvalue weighted by molar-refractivity contribution is 0.388. The molecule has 0 aliphatic heterocycles. The first-order chi connectivity index (χ1) is 7.71. The summed E-state index contributed by atoms with van der Waals surface area (Å²) in [6.07, 6.45) is 4.00. The molecule has 0 bridgehead atoms. The maximum Gasteiger partial charge on any atom is 0.214 e. The second-order valence-electron chi connectivity index (χ2n) is 5.49. The Morgan fingerprint density at radius 1 is 1.41 bits per heavy atom. The molecule has 1 aromatic heterocycles. The zero-order chi connectivity index (χ0) is 13.1. The molecule has 1 N–H and O–H groups in total. The number of nitrogens with zero attached hydrogens (tertiary/aromatic N) is 2. The molecule has 0 aliphatic rings. The normalized spacial score (nSPS) is 13.2. The van der Waals surface area contributed by atoms with E-state index >= 15 is 0 Å². The topological polar surface area (TPSA) is 66.1 Å². The lowest BCUT2D eigenvalue weighted by Gasteiger charge is -2.21. The summed E-state index contributed by atoms with van der Waals surface area (Å²) in [4.78, 5) is 0. The Hall–Kier alpha value is -0.880. The Morgan fingerprint density at radius 2 is 2.06 bits per heavy atom. The van der Waals surface area contributed by atoms with Crippen molar-refractivity contribution in [3.63, 3.8) is 0 Å². The van der Waals surface area contributed by atoms with Crippen molar-refractivity contribution >= 4 is 10.0 Å². The summed E-state index contributed by atoms with van der Waals surface area (Å²) in [5.74, 6) is 0.185. The third-order valence-electron chi connectivity index (χ3n) is 2.54. The van der Waals surface area contributed by atoms with Gasteiger partial charge in [0, 0.05) is 25.4 Å². The van der Waals surface area contributed by atoms with Gasteiger partial charge in [-0.1, -0.05) is 20.8 Å². The molecular weight excluding hydrogens is 238 g/mol. The van der Waals surface area contributed by atoms with Crippen LogP contribution in [0, 0.1) is 5.41 Å². The van der Waals surface area contributed by atoms with Crippen LogP contribution in [0.4, 0.5) is 0 Å². The fourth-order valence-electron chi connectivity index (χ4n) is 1.31. The van der Waals surface area contributed by atoms with E-state index in [1.807, 2.05) is 20.8 Å². The van der Waals surface area contributed by atoms with Crippen LogP contribution in [0.3, 0.4) is 0 Å². The van der Waals surface area contributed by atoms with E-state index in [0.717, 1.165) is 5.56 Å². The fraction of sp³-hybridized carbons (Fsp3) is 0.727. The van der Waals surface area contributed by atoms with Crippen molar-refractivity contribution < 1.29 is 8.42 Å². The van der Waals surface area contributed by atoms with Crippen LogP contribution >= 0.6 is 0 Å². The first-order valence-electron chi connectivity index (χ1n) is 5.62. The SMILES string of the molecule is CN(Cc1cn[nH]c1)S(=O)(=O)CCC(C)(C)C. The molecule has 0 saturated carbocycles. The summed E-state index contributed by atoms with van der Waals surface area (Å²) in [5, 5.41) is 6.47. The smallest absolute Gasteiger partial charge is 0.214 e. The molecule has 0 radical (unpaired) electrons. The summed E-state index contributed by atoms with van der Waals surface area (Å²) in [6, 6.07) is 0. The molecule has 1 rings (SSSR count). The molecule has 98 valence electrons. The maximum atomic E-state index is 12.0. The molecule has 0 amide bonds. The zero-order valence-corrected chi connectivity index (χ0v) is 11.7. The van der Waals surface area contributed by atoms with E-state index in [2.05, 4.69) is 10.2 Å². The lowest BCUT2D eigenvalue weighted by atomic mass is 9.94. The fourth-order valence-corrected chi connectivity index (χ4v) is 2.84. The average Bonchev–Trinajstić information content (AvgIpc) is 2.66. The first kappa shape index (κ1) is 14.2. The van der Waals surface area contributed by atoms with Crippen molar-refractivity contribution in [2.75, 3.05) is 12.8 Å². The molecule has 1 aromatic rings. The van der Waals surface area contributed by atoms with E-state index in [1.54, 1.807) is 19.4 Å². The summed E-state index contributed by atoms with van der Waals surface area (Å²) in [6.45, 7) is 6.48. The van der Waals surface area contributed by atoms with Gasteiger partial charge in [0.2, 0.25) is 10.0 Å². The summed E-state index contributed by atoms with van der Waals surface area (Å²) in [5.41, 5.74) is 0.899. The molecule has 0 saturated heterocycles. The number of aromatic amines is 1. The summed E-state index contributed by atoms with van der Waals surface area (Å²) >= 11 is 0. The molecule has 0 aromatic carbocycles. The van der Waals surface area contributed by atoms with Gasteiger partial charge in [-0.25, -0.2) is 12.7 Å². The number of rotatable bonds is 5. The van der Waals surface area contributed by atoms with Gasteiger partial charge in [0.15, 0.2) is 0 Å². The number of aromatic nitrogens is 2. The highest BCUT2D eigenvalue weighted by Gasteiger charge is 2.21. The van der Waals surface area contributed by atoms with Gasteiger partial charge in [0.25, 0.3) is 0 Å². The van der Waals surface area contributed by atoms with Gasteiger partial charge in [0.05, 0.1) is 11.9 Å². The highest BCUT2D eigenvalue weighted by Crippen LogP contribution is 2.20. The maximum absolute atomic E-state index is 12.0. The van der Waals surface area contributed by atoms with Gasteiger partial charge in [-0.3, -0.25) is 5.10 Å². The lowest BCUT2D eigenvalue weighted by Crippen LogP contribution is -2.30. The molecule has 0 atom stereocenters. The van der Waals surface area contributed by atoms with Crippen molar-refractivity contribution in [3.8, 4) is 0 Å². The van der Waals surface area contributed by atoms with Gasteiger partial charge in [-0.05, 0) is 11.8 Å². The highest BCUT2D eigenvalue weighted by molar-refractivity contribution is 7.89. The van der Waals surface area contributed by atoms with E-state index in [1.165, 1.54) is 4.31 Å². The Labute approximate surface area is 103 Å². The second kappa shape index (κ2) is 5.18. The van der Waals surface area contributed by atoms with Crippen LogP contribution in [0.15, 0.2) is 12.4 Å². The standard InChI is InChI=1S/C11H21N3O2S/c1-11(2,3)5-6-17(15,16)14(4)9-10-7-12-13-8-10/h7-8H,5-6,9H2,1-4H3,(H,12,13). The molecular formula is C11H21N3O2S. The highest BCUT2D eigenvalue weighted by atomic mass is 32.2. The number of hydrogen-bond acceptors (Lipinski definition) is 3. The predicted molar refractivity (Wildman–Crippen MR) is 67.9 cm³/mol. The molecule has 0 unspecified atom stereocenters. The minimum atomic E-state index is -3.18. The van der Waals surface area contributed by atoms with Crippen LogP contribution in [-0.4, -0.2) is 35.7 Å². The van der Waals surface area contributed by atoms with E-state index in [9.17, 15) is 8.42 Å². The largest absolute Gasteiger partial charge is 0.285 e. The van der Waals surface area contributed by atoms with Crippen molar-refractivity contribution in [3.05, 3.63) is 18.0 Å². The Kier molecular flexibility index (Phi) is 4.32. The van der Waals surface area contributed by atoms with E-state index in [4.69, 9.17) is 0 Å². The van der Waals surface area contributed by atoms with Crippen LogP contribution in [-0.2, 0) is 16.6 Å². The van der Waals surface area contributed by atoms with Gasteiger partial charge < -0.3 is 0 Å². The average molecular weight is 259 g/mol. The molecule has 5 nitrogen and oxygen atoms in total. The van der Waals surface area contributed by atoms with E-state index in [-0.39, 0.29) is 11.2 Å². The van der Waals surface area contributed by atoms with Crippen LogP contribution in [0.5, 0.6) is 0 Å². The van der Waals surface area contributed by atoms with Crippen LogP contribution in [0.2, 0.25) is 0 Å². The van der Waals surface area contributed by atoms with Crippen LogP contribution in [0.25, 0.3) is 0 Å². The van der Waals surface area contributed by atoms with Crippen molar-refractivity contribution in [1.82, 2.24) is 14.5 Å². The first-order valence-corrected chi connectivity index (χ1v) is 7.23. The molecule has 0 spiro atoms. The minimum Gasteiger partial charge on any atom is -0.285 e. The summed E-state index contributed by atoms with van der Waals surface area (Å²) < 4.78 is 25.4. The third kappa shape index (κ3) is 4.87. The Balaban J connectivity index is 2.58. The van der Waals surface area contributed by atoms with E-state index in [0.29, 0.717) is 13.0 Å². The van der Waals surface area contributed by atoms with Gasteiger partial charge in [-0.15, -0.1) is 0 Å². The van der Waals surface area contributed by atoms with Gasteiger partial charge in [0.1, 0.15) is 0 Å². The summed E-state index contributed by atoms with van der Waals surface area (Å²) in [7, 11) is -1.58. The monoisotopic (exact) mass is 259 g/mol. The Morgan fingerprint density at radius 3 is 2.53 bits per heavy atom. The van der Waals surface area contributed by atoms with Crippen molar-refractivity contribution in [2.24, 2.45) is 5.41 Å². The number of hydrogen-bond donors (Lipinski definition) is 1. The zero-order valence-electron chi connectivity index (χ0n) is 10.9. The molecule has 1 heterocycles. The van der Waals surface area contributed by atoms with Gasteiger partial charge in [-0.2, -0.15) is 5.10 Å². The molecule has 0 fully saturated rings. The predicted octanol–water partition coefficient (Wildman–Crippen LogP) is 1.61. The van der Waals surface area contributed by atoms with Crippen LogP contribution in [0.1, 0.15) is 32.8 Å². The number of nitrogens with one attached hydrogen (secondary N) is 1. The third-order valence-corrected chi connectivity index (χ3v) is 4.34. The Bertz CT molecular complexity index is 432. The number of H-pyrrole nitrogens is 1. The molecule has 0 aliphatic carbocycles.